The summed E-state index contributed by atoms with van der Waals surface area (Å²) in [5.74, 6) is 0. The molecule has 0 saturated carbocycles. The van der Waals surface area contributed by atoms with E-state index in [4.69, 9.17) is 4.74 Å². The lowest BCUT2D eigenvalue weighted by molar-refractivity contribution is 0.181. The molecule has 1 aromatic carbocycles. The second-order valence-electron chi connectivity index (χ2n) is 5.22. The summed E-state index contributed by atoms with van der Waals surface area (Å²) in [6.07, 6.45) is 1.57. The highest BCUT2D eigenvalue weighted by Gasteiger charge is 2.07. The molecule has 2 aromatic heterocycles. The Bertz CT molecular complexity index is 795. The van der Waals surface area contributed by atoms with Gasteiger partial charge in [0.15, 0.2) is 0 Å². The first kappa shape index (κ1) is 14.4. The van der Waals surface area contributed by atoms with Crippen molar-refractivity contribution in [3.63, 3.8) is 0 Å². The number of benzene rings is 1. The zero-order valence-corrected chi connectivity index (χ0v) is 12.9. The number of methoxy groups -OCH3 is 1. The molecule has 0 bridgehead atoms. The fraction of sp³-hybridized carbons (Fsp3) is 0.235. The molecule has 0 aliphatic heterocycles. The van der Waals surface area contributed by atoms with Crippen LogP contribution < -0.4 is 0 Å². The third-order valence-electron chi connectivity index (χ3n) is 3.41. The van der Waals surface area contributed by atoms with Gasteiger partial charge in [-0.25, -0.2) is 14.6 Å². The maximum atomic E-state index is 5.13. The van der Waals surface area contributed by atoms with Crippen molar-refractivity contribution in [3.05, 3.63) is 59.8 Å². The van der Waals surface area contributed by atoms with Crippen molar-refractivity contribution in [1.29, 1.82) is 0 Å². The van der Waals surface area contributed by atoms with Crippen molar-refractivity contribution >= 4 is 0 Å². The average Bonchev–Trinajstić information content (AvgIpc) is 2.87. The molecule has 0 amide bonds. The van der Waals surface area contributed by atoms with Crippen molar-refractivity contribution in [1.82, 2.24) is 19.7 Å². The first-order chi connectivity index (χ1) is 10.7. The second kappa shape index (κ2) is 6.07. The largest absolute Gasteiger partial charge is 0.378 e. The van der Waals surface area contributed by atoms with Gasteiger partial charge in [-0.15, -0.1) is 0 Å². The molecule has 0 spiro atoms. The van der Waals surface area contributed by atoms with Gasteiger partial charge in [-0.1, -0.05) is 12.1 Å². The number of aryl methyl sites for hydroxylation is 2. The van der Waals surface area contributed by atoms with Crippen LogP contribution in [0.5, 0.6) is 0 Å². The lowest BCUT2D eigenvalue weighted by Crippen LogP contribution is -2.00. The van der Waals surface area contributed by atoms with Crippen LogP contribution in [0.2, 0.25) is 0 Å². The number of rotatable bonds is 4. The van der Waals surface area contributed by atoms with E-state index in [-0.39, 0.29) is 0 Å². The van der Waals surface area contributed by atoms with E-state index in [9.17, 15) is 0 Å². The van der Waals surface area contributed by atoms with E-state index in [0.717, 1.165) is 34.0 Å². The predicted octanol–water partition coefficient (Wildman–Crippen LogP) is 3.09. The minimum absolute atomic E-state index is 0.479. The smallest absolute Gasteiger partial charge is 0.116 e. The Morgan fingerprint density at radius 3 is 2.68 bits per heavy atom. The summed E-state index contributed by atoms with van der Waals surface area (Å²) >= 11 is 0. The highest BCUT2D eigenvalue weighted by molar-refractivity contribution is 5.62. The van der Waals surface area contributed by atoms with E-state index in [1.54, 1.807) is 13.4 Å². The summed E-state index contributed by atoms with van der Waals surface area (Å²) in [6.45, 7) is 4.52. The molecule has 22 heavy (non-hydrogen) atoms. The Morgan fingerprint density at radius 1 is 1.09 bits per heavy atom. The highest BCUT2D eigenvalue weighted by atomic mass is 16.5. The molecule has 0 saturated heterocycles. The molecule has 0 aliphatic carbocycles. The van der Waals surface area contributed by atoms with E-state index < -0.39 is 0 Å². The first-order valence-corrected chi connectivity index (χ1v) is 7.11. The number of aromatic nitrogens is 4. The van der Waals surface area contributed by atoms with Crippen LogP contribution in [0.15, 0.2) is 42.7 Å². The summed E-state index contributed by atoms with van der Waals surface area (Å²) in [7, 11) is 1.66. The average molecular weight is 294 g/mol. The number of hydrogen-bond acceptors (Lipinski definition) is 4. The van der Waals surface area contributed by atoms with Gasteiger partial charge >= 0.3 is 0 Å². The Balaban J connectivity index is 2.01. The van der Waals surface area contributed by atoms with Crippen LogP contribution in [0.25, 0.3) is 16.9 Å². The van der Waals surface area contributed by atoms with Gasteiger partial charge < -0.3 is 4.74 Å². The monoisotopic (exact) mass is 294 g/mol. The molecule has 0 aliphatic rings. The third kappa shape index (κ3) is 2.89. The molecule has 3 aromatic rings. The van der Waals surface area contributed by atoms with Gasteiger partial charge in [-0.05, 0) is 38.1 Å². The molecule has 0 radical (unpaired) electrons. The van der Waals surface area contributed by atoms with Crippen LogP contribution >= 0.6 is 0 Å². The maximum Gasteiger partial charge on any atom is 0.116 e. The SMILES string of the molecule is COCc1cc(-c2cccc(-n3nc(C)cc3C)c2)ncn1. The first-order valence-electron chi connectivity index (χ1n) is 7.11. The highest BCUT2D eigenvalue weighted by Crippen LogP contribution is 2.21. The molecule has 3 rings (SSSR count). The van der Waals surface area contributed by atoms with Gasteiger partial charge in [0.2, 0.25) is 0 Å². The molecule has 5 nitrogen and oxygen atoms in total. The van der Waals surface area contributed by atoms with Crippen molar-refractivity contribution in [2.24, 2.45) is 0 Å². The van der Waals surface area contributed by atoms with Gasteiger partial charge in [0.1, 0.15) is 6.33 Å². The zero-order chi connectivity index (χ0) is 15.5. The van der Waals surface area contributed by atoms with Crippen molar-refractivity contribution < 1.29 is 4.74 Å². The molecule has 0 N–H and O–H groups in total. The van der Waals surface area contributed by atoms with E-state index in [1.165, 1.54) is 0 Å². The van der Waals surface area contributed by atoms with Gasteiger partial charge in [0.05, 0.1) is 29.4 Å². The van der Waals surface area contributed by atoms with E-state index >= 15 is 0 Å². The Hall–Kier alpha value is -2.53. The third-order valence-corrected chi connectivity index (χ3v) is 3.41. The van der Waals surface area contributed by atoms with Gasteiger partial charge in [0.25, 0.3) is 0 Å². The predicted molar refractivity (Wildman–Crippen MR) is 84.8 cm³/mol. The van der Waals surface area contributed by atoms with Crippen molar-refractivity contribution in [3.8, 4) is 16.9 Å². The molecule has 0 atom stereocenters. The van der Waals surface area contributed by atoms with Gasteiger partial charge in [-0.3, -0.25) is 0 Å². The van der Waals surface area contributed by atoms with E-state index in [0.29, 0.717) is 6.61 Å². The Morgan fingerprint density at radius 2 is 1.95 bits per heavy atom. The van der Waals surface area contributed by atoms with Crippen molar-refractivity contribution in [2.45, 2.75) is 20.5 Å². The van der Waals surface area contributed by atoms with Gasteiger partial charge in [0, 0.05) is 18.4 Å². The van der Waals surface area contributed by atoms with Crippen LogP contribution in [0.3, 0.4) is 0 Å². The van der Waals surface area contributed by atoms with Crippen LogP contribution in [-0.2, 0) is 11.3 Å². The molecular formula is C17H18N4O. The van der Waals surface area contributed by atoms with E-state index in [1.807, 2.05) is 42.8 Å². The molecule has 2 heterocycles. The molecule has 0 fully saturated rings. The Kier molecular flexibility index (Phi) is 3.98. The summed E-state index contributed by atoms with van der Waals surface area (Å²) in [6, 6.07) is 12.2. The molecular weight excluding hydrogens is 276 g/mol. The van der Waals surface area contributed by atoms with Crippen LogP contribution in [0.4, 0.5) is 0 Å². The normalized spacial score (nSPS) is 10.9. The van der Waals surface area contributed by atoms with E-state index in [2.05, 4.69) is 27.2 Å². The summed E-state index contributed by atoms with van der Waals surface area (Å²) < 4.78 is 7.07. The molecule has 5 heteroatoms. The topological polar surface area (TPSA) is 52.8 Å². The van der Waals surface area contributed by atoms with Crippen LogP contribution in [-0.4, -0.2) is 26.9 Å². The number of ether oxygens (including phenoxy) is 1. The molecule has 0 unspecified atom stereocenters. The summed E-state index contributed by atoms with van der Waals surface area (Å²) in [5, 5.41) is 4.53. The second-order valence-corrected chi connectivity index (χ2v) is 5.22. The Labute approximate surface area is 129 Å². The van der Waals surface area contributed by atoms with Crippen LogP contribution in [0.1, 0.15) is 17.1 Å². The quantitative estimate of drug-likeness (QED) is 0.742. The summed E-state index contributed by atoms with van der Waals surface area (Å²) in [4.78, 5) is 8.56. The maximum absolute atomic E-state index is 5.13. The standard InChI is InChI=1S/C17H18N4O/c1-12-7-13(2)21(20-12)16-6-4-5-14(8-16)17-9-15(10-22-3)18-11-19-17/h4-9,11H,10H2,1-3H3. The summed E-state index contributed by atoms with van der Waals surface area (Å²) in [5.41, 5.74) is 5.92. The van der Waals surface area contributed by atoms with Crippen molar-refractivity contribution in [2.75, 3.05) is 7.11 Å². The minimum Gasteiger partial charge on any atom is -0.378 e. The number of nitrogens with zero attached hydrogens (tertiary/aromatic N) is 4. The fourth-order valence-corrected chi connectivity index (χ4v) is 2.47. The lowest BCUT2D eigenvalue weighted by atomic mass is 10.1. The van der Waals surface area contributed by atoms with Crippen LogP contribution in [0, 0.1) is 13.8 Å². The van der Waals surface area contributed by atoms with Gasteiger partial charge in [-0.2, -0.15) is 5.10 Å². The lowest BCUT2D eigenvalue weighted by Gasteiger charge is -2.08. The molecule has 112 valence electrons. The minimum atomic E-state index is 0.479. The zero-order valence-electron chi connectivity index (χ0n) is 12.9. The fourth-order valence-electron chi connectivity index (χ4n) is 2.47. The number of hydrogen-bond donors (Lipinski definition) is 0.